The normalized spacial score (nSPS) is 28.1. The molecule has 0 bridgehead atoms. The topological polar surface area (TPSA) is 307 Å². The molecule has 1 amide bonds. The van der Waals surface area contributed by atoms with E-state index >= 15 is 0 Å². The van der Waals surface area contributed by atoms with Gasteiger partial charge in [-0.2, -0.15) is 0 Å². The molecule has 17 unspecified atom stereocenters. The van der Waals surface area contributed by atoms with E-state index in [2.05, 4.69) is 92.1 Å². The average molecular weight is 1310 g/mol. The van der Waals surface area contributed by atoms with E-state index in [1.165, 1.54) is 116 Å². The van der Waals surface area contributed by atoms with E-state index in [4.69, 9.17) is 28.4 Å². The number of ether oxygens (including phenoxy) is 6. The van der Waals surface area contributed by atoms with Gasteiger partial charge in [0.05, 0.1) is 38.6 Å². The minimum absolute atomic E-state index is 0.246. The molecule has 534 valence electrons. The van der Waals surface area contributed by atoms with Gasteiger partial charge >= 0.3 is 0 Å². The van der Waals surface area contributed by atoms with Gasteiger partial charge in [0, 0.05) is 6.42 Å². The van der Waals surface area contributed by atoms with Gasteiger partial charge < -0.3 is 89.9 Å². The van der Waals surface area contributed by atoms with Crippen molar-refractivity contribution in [3.8, 4) is 0 Å². The lowest BCUT2D eigenvalue weighted by atomic mass is 9.96. The number of rotatable bonds is 55. The van der Waals surface area contributed by atoms with Gasteiger partial charge in [-0.25, -0.2) is 0 Å². The van der Waals surface area contributed by atoms with Gasteiger partial charge in [0.25, 0.3) is 0 Å². The van der Waals surface area contributed by atoms with Gasteiger partial charge in [0.15, 0.2) is 18.9 Å². The SMILES string of the molecule is CC/C=C\C/C=C\C/C=C\C/C=C\C/C=C\C/C=C\CCCCCCCCC(=O)NC(COC1OC(CO)C(OC2OC(CO)C(OC3OC(CO)C(O)C(O)C3O)C(O)C2O)C(O)C1O)C(O)CCCCCCCCCCCCCCCCCCCCCCCC. The maximum Gasteiger partial charge on any atom is 0.220 e. The highest BCUT2D eigenvalue weighted by molar-refractivity contribution is 5.76. The summed E-state index contributed by atoms with van der Waals surface area (Å²) in [4.78, 5) is 13.4. The van der Waals surface area contributed by atoms with Crippen LogP contribution in [0.25, 0.3) is 0 Å². The molecule has 0 aromatic carbocycles. The summed E-state index contributed by atoms with van der Waals surface area (Å²) in [5.41, 5.74) is 0. The lowest BCUT2D eigenvalue weighted by molar-refractivity contribution is -0.379. The Morgan fingerprint density at radius 1 is 0.402 bits per heavy atom. The van der Waals surface area contributed by atoms with Crippen LogP contribution < -0.4 is 5.32 Å². The van der Waals surface area contributed by atoms with E-state index < -0.39 is 124 Å². The Balaban J connectivity index is 1.43. The van der Waals surface area contributed by atoms with Crippen molar-refractivity contribution in [2.45, 2.75) is 356 Å². The fourth-order valence-corrected chi connectivity index (χ4v) is 12.0. The first-order valence-corrected chi connectivity index (χ1v) is 36.2. The van der Waals surface area contributed by atoms with E-state index in [-0.39, 0.29) is 18.9 Å². The minimum atomic E-state index is -1.98. The molecule has 0 saturated carbocycles. The van der Waals surface area contributed by atoms with Crippen molar-refractivity contribution in [2.75, 3.05) is 26.4 Å². The molecule has 3 aliphatic heterocycles. The highest BCUT2D eigenvalue weighted by atomic mass is 16.8. The van der Waals surface area contributed by atoms with Crippen LogP contribution in [0.5, 0.6) is 0 Å². The van der Waals surface area contributed by atoms with Gasteiger partial charge in [-0.05, 0) is 64.2 Å². The Hall–Kier alpha value is -2.77. The van der Waals surface area contributed by atoms with Crippen LogP contribution in [0.3, 0.4) is 0 Å². The van der Waals surface area contributed by atoms with Crippen LogP contribution in [0, 0.1) is 0 Å². The van der Waals surface area contributed by atoms with Crippen LogP contribution in [0.15, 0.2) is 72.9 Å². The molecular weight excluding hydrogens is 1180 g/mol. The molecule has 0 aliphatic carbocycles. The summed E-state index contributed by atoms with van der Waals surface area (Å²) < 4.78 is 34.4. The Morgan fingerprint density at radius 2 is 0.750 bits per heavy atom. The number of amides is 1. The zero-order valence-corrected chi connectivity index (χ0v) is 56.5. The highest BCUT2D eigenvalue weighted by Gasteiger charge is 2.53. The second-order valence-electron chi connectivity index (χ2n) is 25.7. The van der Waals surface area contributed by atoms with Gasteiger partial charge in [-0.1, -0.05) is 254 Å². The first-order valence-electron chi connectivity index (χ1n) is 36.2. The Labute approximate surface area is 553 Å². The molecule has 19 heteroatoms. The van der Waals surface area contributed by atoms with Crippen molar-refractivity contribution in [2.24, 2.45) is 0 Å². The summed E-state index contributed by atoms with van der Waals surface area (Å²) in [5, 5.41) is 121. The van der Waals surface area contributed by atoms with Crippen LogP contribution in [0.1, 0.15) is 251 Å². The quantitative estimate of drug-likeness (QED) is 0.0199. The summed E-state index contributed by atoms with van der Waals surface area (Å²) in [7, 11) is 0. The first-order chi connectivity index (χ1) is 44.8. The van der Waals surface area contributed by atoms with Gasteiger partial charge in [0.1, 0.15) is 73.2 Å². The Kier molecular flexibility index (Phi) is 49.2. The number of hydrogen-bond donors (Lipinski definition) is 12. The van der Waals surface area contributed by atoms with Crippen molar-refractivity contribution < 1.29 is 89.4 Å². The van der Waals surface area contributed by atoms with Crippen LogP contribution in [0.4, 0.5) is 0 Å². The van der Waals surface area contributed by atoms with Crippen LogP contribution >= 0.6 is 0 Å². The van der Waals surface area contributed by atoms with Gasteiger partial charge in [0.2, 0.25) is 5.91 Å². The fourth-order valence-electron chi connectivity index (χ4n) is 12.0. The second-order valence-corrected chi connectivity index (χ2v) is 25.7. The number of unbranched alkanes of at least 4 members (excludes halogenated alkanes) is 27. The second kappa shape index (κ2) is 54.3. The van der Waals surface area contributed by atoms with Crippen molar-refractivity contribution in [3.63, 3.8) is 0 Å². The number of aliphatic hydroxyl groups is 11. The minimum Gasteiger partial charge on any atom is -0.394 e. The smallest absolute Gasteiger partial charge is 0.220 e. The third-order valence-corrected chi connectivity index (χ3v) is 17.8. The van der Waals surface area contributed by atoms with Crippen LogP contribution in [-0.4, -0.2) is 193 Å². The molecule has 3 heterocycles. The number of hydrogen-bond acceptors (Lipinski definition) is 18. The third kappa shape index (κ3) is 35.5. The maximum atomic E-state index is 13.4. The monoisotopic (exact) mass is 1310 g/mol. The molecule has 3 rings (SSSR count). The lowest BCUT2D eigenvalue weighted by Crippen LogP contribution is -2.66. The van der Waals surface area contributed by atoms with Gasteiger partial charge in [-0.3, -0.25) is 4.79 Å². The zero-order valence-electron chi connectivity index (χ0n) is 56.5. The van der Waals surface area contributed by atoms with Crippen LogP contribution in [-0.2, 0) is 33.2 Å². The number of allylic oxidation sites excluding steroid dienone is 12. The van der Waals surface area contributed by atoms with Gasteiger partial charge in [-0.15, -0.1) is 0 Å². The molecular formula is C73H129NO18. The predicted molar refractivity (Wildman–Crippen MR) is 360 cm³/mol. The molecule has 3 aliphatic rings. The maximum absolute atomic E-state index is 13.4. The summed E-state index contributed by atoms with van der Waals surface area (Å²) in [6.45, 7) is 1.69. The van der Waals surface area contributed by atoms with Crippen molar-refractivity contribution in [1.29, 1.82) is 0 Å². The van der Waals surface area contributed by atoms with E-state index in [1.54, 1.807) is 0 Å². The number of carbonyl (C=O) groups is 1. The molecule has 0 aromatic heterocycles. The molecule has 3 saturated heterocycles. The largest absolute Gasteiger partial charge is 0.394 e. The van der Waals surface area contributed by atoms with Crippen LogP contribution in [0.2, 0.25) is 0 Å². The first kappa shape index (κ1) is 83.5. The molecule has 17 atom stereocenters. The third-order valence-electron chi connectivity index (χ3n) is 17.8. The molecule has 3 fully saturated rings. The molecule has 92 heavy (non-hydrogen) atoms. The summed E-state index contributed by atoms with van der Waals surface area (Å²) in [5.74, 6) is -0.258. The van der Waals surface area contributed by atoms with Crippen molar-refractivity contribution >= 4 is 5.91 Å². The lowest BCUT2D eigenvalue weighted by Gasteiger charge is -2.48. The molecule has 12 N–H and O–H groups in total. The average Bonchev–Trinajstić information content (AvgIpc) is 0.837. The fraction of sp³-hybridized carbons (Fsp3) is 0.822. The number of nitrogens with one attached hydrogen (secondary N) is 1. The zero-order chi connectivity index (χ0) is 66.8. The van der Waals surface area contributed by atoms with Crippen molar-refractivity contribution in [3.05, 3.63) is 72.9 Å². The summed E-state index contributed by atoms with van der Waals surface area (Å²) >= 11 is 0. The van der Waals surface area contributed by atoms with E-state index in [9.17, 15) is 61.0 Å². The van der Waals surface area contributed by atoms with E-state index in [0.29, 0.717) is 12.8 Å². The van der Waals surface area contributed by atoms with Crippen molar-refractivity contribution in [1.82, 2.24) is 5.32 Å². The molecule has 19 nitrogen and oxygen atoms in total. The Morgan fingerprint density at radius 3 is 1.17 bits per heavy atom. The number of carbonyl (C=O) groups excluding carboxylic acids is 1. The molecule has 0 aromatic rings. The Bertz CT molecular complexity index is 1950. The highest BCUT2D eigenvalue weighted by Crippen LogP contribution is 2.33. The molecule has 0 radical (unpaired) electrons. The summed E-state index contributed by atoms with van der Waals surface area (Å²) in [6, 6.07) is -0.901. The van der Waals surface area contributed by atoms with E-state index in [0.717, 1.165) is 103 Å². The predicted octanol–water partition coefficient (Wildman–Crippen LogP) is 10.1. The number of aliphatic hydroxyl groups excluding tert-OH is 11. The van der Waals surface area contributed by atoms with E-state index in [1.807, 2.05) is 0 Å². The molecule has 0 spiro atoms. The summed E-state index contributed by atoms with van der Waals surface area (Å²) in [6.07, 6.45) is 41.1. The standard InChI is InChI=1S/C73H129NO18/c1-3-5-7-9-11-13-15-17-19-21-23-25-27-28-29-31-33-35-37-39-41-43-45-47-49-51-61(79)74-56(57(78)50-48-46-44-42-40-38-36-34-32-30-26-24-22-20-18-16-14-12-10-8-6-4-2)55-87-71-67(85)64(82)69(59(53-76)89-71)92-73-68(86)65(83)70(60(54-77)90-73)91-72-66(84)63(81)62(80)58(52-75)88-72/h5,7,11,13,17,19,23,25,28-29,33,35,56-60,62-73,75-78,80-86H,3-4,6,8-10,12,14-16,18,20-22,24,26-27,30-32,34,36-55H2,1-2H3,(H,74,79)/b7-5-,13-11-,19-17-,25-23-,29-28-,35-33-.